The molecule has 0 aliphatic carbocycles. The van der Waals surface area contributed by atoms with Crippen LogP contribution in [0, 0.1) is 0 Å². The highest BCUT2D eigenvalue weighted by Gasteiger charge is 2.15. The Hall–Kier alpha value is -1.62. The highest BCUT2D eigenvalue weighted by molar-refractivity contribution is 5.43. The molecule has 0 amide bonds. The van der Waals surface area contributed by atoms with E-state index < -0.39 is 0 Å². The van der Waals surface area contributed by atoms with E-state index in [1.165, 1.54) is 19.3 Å². The highest BCUT2D eigenvalue weighted by atomic mass is 16.5. The van der Waals surface area contributed by atoms with Crippen LogP contribution in [-0.2, 0) is 6.42 Å². The summed E-state index contributed by atoms with van der Waals surface area (Å²) < 4.78 is 6.99. The minimum Gasteiger partial charge on any atom is -0.497 e. The van der Waals surface area contributed by atoms with Crippen LogP contribution in [0.1, 0.15) is 25.1 Å². The Morgan fingerprint density at radius 3 is 3.22 bits per heavy atom. The zero-order chi connectivity index (χ0) is 12.4. The Morgan fingerprint density at radius 1 is 1.50 bits per heavy atom. The molecule has 0 radical (unpaired) electrons. The molecule has 5 nitrogen and oxygen atoms in total. The molecule has 1 saturated heterocycles. The van der Waals surface area contributed by atoms with Crippen molar-refractivity contribution < 1.29 is 4.74 Å². The van der Waals surface area contributed by atoms with Crippen LogP contribution < -0.4 is 10.1 Å². The first-order chi connectivity index (χ1) is 8.85. The second kappa shape index (κ2) is 4.94. The van der Waals surface area contributed by atoms with Crippen LogP contribution in [0.25, 0.3) is 5.65 Å². The van der Waals surface area contributed by atoms with Gasteiger partial charge in [-0.2, -0.15) is 5.10 Å². The average Bonchev–Trinajstić information content (AvgIpc) is 2.80. The minimum absolute atomic E-state index is 0.526. The van der Waals surface area contributed by atoms with Gasteiger partial charge in [-0.15, -0.1) is 0 Å². The van der Waals surface area contributed by atoms with Crippen molar-refractivity contribution in [1.82, 2.24) is 19.9 Å². The summed E-state index contributed by atoms with van der Waals surface area (Å²) in [6.45, 7) is 1.12. The molecule has 1 aliphatic rings. The van der Waals surface area contributed by atoms with Gasteiger partial charge < -0.3 is 10.1 Å². The molecule has 0 spiro atoms. The molecule has 3 heterocycles. The number of piperidine rings is 1. The summed E-state index contributed by atoms with van der Waals surface area (Å²) in [6, 6.07) is 4.33. The Balaban J connectivity index is 1.79. The fourth-order valence-corrected chi connectivity index (χ4v) is 2.44. The zero-order valence-corrected chi connectivity index (χ0v) is 10.6. The number of aromatic nitrogens is 3. The van der Waals surface area contributed by atoms with Crippen molar-refractivity contribution in [3.05, 3.63) is 24.2 Å². The van der Waals surface area contributed by atoms with Gasteiger partial charge in [-0.05, 0) is 25.5 Å². The maximum Gasteiger partial charge on any atom is 0.159 e. The zero-order valence-electron chi connectivity index (χ0n) is 10.6. The molecule has 1 unspecified atom stereocenters. The van der Waals surface area contributed by atoms with Crippen molar-refractivity contribution in [2.75, 3.05) is 13.7 Å². The summed E-state index contributed by atoms with van der Waals surface area (Å²) >= 11 is 0. The Kier molecular flexibility index (Phi) is 3.15. The first-order valence-corrected chi connectivity index (χ1v) is 6.48. The summed E-state index contributed by atoms with van der Waals surface area (Å²) in [7, 11) is 1.66. The maximum absolute atomic E-state index is 5.19. The van der Waals surface area contributed by atoms with E-state index in [0.29, 0.717) is 6.04 Å². The third-order valence-electron chi connectivity index (χ3n) is 3.43. The van der Waals surface area contributed by atoms with E-state index in [1.54, 1.807) is 11.6 Å². The van der Waals surface area contributed by atoms with Gasteiger partial charge in [0.15, 0.2) is 11.5 Å². The molecule has 2 aromatic rings. The number of nitrogens with one attached hydrogen (secondary N) is 1. The molecule has 1 atom stereocenters. The summed E-state index contributed by atoms with van der Waals surface area (Å²) in [5.41, 5.74) is 0.847. The fourth-order valence-electron chi connectivity index (χ4n) is 2.44. The largest absolute Gasteiger partial charge is 0.497 e. The second-order valence-corrected chi connectivity index (χ2v) is 4.75. The van der Waals surface area contributed by atoms with Crippen molar-refractivity contribution in [3.8, 4) is 5.75 Å². The van der Waals surface area contributed by atoms with Crippen LogP contribution in [0.4, 0.5) is 0 Å². The smallest absolute Gasteiger partial charge is 0.159 e. The molecule has 2 aromatic heterocycles. The van der Waals surface area contributed by atoms with Crippen LogP contribution >= 0.6 is 0 Å². The fraction of sp³-hybridized carbons (Fsp3) is 0.538. The van der Waals surface area contributed by atoms with Crippen molar-refractivity contribution in [2.24, 2.45) is 0 Å². The molecule has 18 heavy (non-hydrogen) atoms. The predicted octanol–water partition coefficient (Wildman–Crippen LogP) is 1.42. The predicted molar refractivity (Wildman–Crippen MR) is 68.9 cm³/mol. The van der Waals surface area contributed by atoms with Crippen molar-refractivity contribution >= 4 is 5.65 Å². The van der Waals surface area contributed by atoms with E-state index >= 15 is 0 Å². The van der Waals surface area contributed by atoms with Gasteiger partial charge in [0.2, 0.25) is 0 Å². The maximum atomic E-state index is 5.19. The average molecular weight is 246 g/mol. The first kappa shape index (κ1) is 11.5. The molecular weight excluding hydrogens is 228 g/mol. The SMILES string of the molecule is COc1ccn2nc(CC3CCCCN3)nc2c1. The first-order valence-electron chi connectivity index (χ1n) is 6.48. The van der Waals surface area contributed by atoms with Crippen LogP contribution in [0.3, 0.4) is 0 Å². The van der Waals surface area contributed by atoms with E-state index in [4.69, 9.17) is 4.74 Å². The van der Waals surface area contributed by atoms with Gasteiger partial charge in [0.25, 0.3) is 0 Å². The number of ether oxygens (including phenoxy) is 1. The van der Waals surface area contributed by atoms with Crippen molar-refractivity contribution in [1.29, 1.82) is 0 Å². The van der Waals surface area contributed by atoms with Crippen LogP contribution in [0.2, 0.25) is 0 Å². The molecule has 0 aromatic carbocycles. The highest BCUT2D eigenvalue weighted by Crippen LogP contribution is 2.14. The number of methoxy groups -OCH3 is 1. The lowest BCUT2D eigenvalue weighted by atomic mass is 10.0. The van der Waals surface area contributed by atoms with E-state index in [-0.39, 0.29) is 0 Å². The van der Waals surface area contributed by atoms with Gasteiger partial charge in [-0.3, -0.25) is 0 Å². The van der Waals surface area contributed by atoms with Crippen LogP contribution in [0.15, 0.2) is 18.3 Å². The Labute approximate surface area is 106 Å². The Morgan fingerprint density at radius 2 is 2.44 bits per heavy atom. The molecular formula is C13H18N4O. The molecule has 1 aliphatic heterocycles. The normalized spacial score (nSPS) is 20.2. The number of hydrogen-bond donors (Lipinski definition) is 1. The molecule has 3 rings (SSSR count). The third kappa shape index (κ3) is 2.31. The number of fused-ring (bicyclic) bond motifs is 1. The molecule has 0 saturated carbocycles. The van der Waals surface area contributed by atoms with Gasteiger partial charge in [0, 0.05) is 24.7 Å². The summed E-state index contributed by atoms with van der Waals surface area (Å²) in [4.78, 5) is 4.55. The van der Waals surface area contributed by atoms with Gasteiger partial charge in [0.05, 0.1) is 7.11 Å². The van der Waals surface area contributed by atoms with E-state index in [0.717, 1.165) is 30.2 Å². The number of rotatable bonds is 3. The second-order valence-electron chi connectivity index (χ2n) is 4.75. The summed E-state index contributed by atoms with van der Waals surface area (Å²) in [5, 5.41) is 8.01. The van der Waals surface area contributed by atoms with E-state index in [1.807, 2.05) is 18.3 Å². The lowest BCUT2D eigenvalue weighted by Gasteiger charge is -2.21. The van der Waals surface area contributed by atoms with Gasteiger partial charge in [-0.25, -0.2) is 9.50 Å². The number of hydrogen-bond acceptors (Lipinski definition) is 4. The third-order valence-corrected chi connectivity index (χ3v) is 3.43. The van der Waals surface area contributed by atoms with Crippen molar-refractivity contribution in [3.63, 3.8) is 0 Å². The lowest BCUT2D eigenvalue weighted by Crippen LogP contribution is -2.35. The summed E-state index contributed by atoms with van der Waals surface area (Å²) in [6.07, 6.45) is 6.60. The molecule has 0 bridgehead atoms. The van der Waals surface area contributed by atoms with Gasteiger partial charge in [-0.1, -0.05) is 6.42 Å². The molecule has 1 fully saturated rings. The summed E-state index contributed by atoms with van der Waals surface area (Å²) in [5.74, 6) is 1.72. The van der Waals surface area contributed by atoms with E-state index in [2.05, 4.69) is 15.4 Å². The van der Waals surface area contributed by atoms with Crippen molar-refractivity contribution in [2.45, 2.75) is 31.7 Å². The van der Waals surface area contributed by atoms with E-state index in [9.17, 15) is 0 Å². The minimum atomic E-state index is 0.526. The quantitative estimate of drug-likeness (QED) is 0.890. The monoisotopic (exact) mass is 246 g/mol. The van der Waals surface area contributed by atoms with Gasteiger partial charge in [0.1, 0.15) is 5.75 Å². The van der Waals surface area contributed by atoms with Crippen LogP contribution in [0.5, 0.6) is 5.75 Å². The number of nitrogens with zero attached hydrogens (tertiary/aromatic N) is 3. The molecule has 1 N–H and O–H groups in total. The lowest BCUT2D eigenvalue weighted by molar-refractivity contribution is 0.394. The Bertz CT molecular complexity index is 531. The van der Waals surface area contributed by atoms with Gasteiger partial charge >= 0.3 is 0 Å². The molecule has 96 valence electrons. The standard InChI is InChI=1S/C13H18N4O/c1-18-11-5-7-17-13(9-11)15-12(16-17)8-10-4-2-3-6-14-10/h5,7,9-10,14H,2-4,6,8H2,1H3. The van der Waals surface area contributed by atoms with Crippen LogP contribution in [-0.4, -0.2) is 34.3 Å². The number of pyridine rings is 1. The molecule has 5 heteroatoms. The topological polar surface area (TPSA) is 51.5 Å².